The molecule has 0 atom stereocenters. The van der Waals surface area contributed by atoms with Crippen molar-refractivity contribution in [2.24, 2.45) is 0 Å². The summed E-state index contributed by atoms with van der Waals surface area (Å²) in [5, 5.41) is 15.2. The fraction of sp³-hybridized carbons (Fsp3) is 0.750. The number of hydrogen-bond donors (Lipinski definition) is 2. The van der Waals surface area contributed by atoms with Gasteiger partial charge in [0.2, 0.25) is 0 Å². The van der Waals surface area contributed by atoms with Crippen LogP contribution in [-0.4, -0.2) is 28.3 Å². The molecule has 0 aromatic rings. The van der Waals surface area contributed by atoms with Crippen LogP contribution in [0.25, 0.3) is 0 Å². The minimum Gasteiger partial charge on any atom is -0.542 e. The van der Waals surface area contributed by atoms with Gasteiger partial charge in [0.25, 0.3) is 0 Å². The molecular weight excluding hydrogens is 151 g/mol. The van der Waals surface area contributed by atoms with Crippen LogP contribution in [0.4, 0.5) is 0 Å². The van der Waals surface area contributed by atoms with E-state index in [2.05, 4.69) is 0 Å². The Kier molecular flexibility index (Phi) is 57.1. The summed E-state index contributed by atoms with van der Waals surface area (Å²) in [7, 11) is 0. The Bertz CT molecular complexity index is 36.8. The predicted molar refractivity (Wildman–Crippen MR) is 28.9 cm³/mol. The van der Waals surface area contributed by atoms with Crippen molar-refractivity contribution in [3.8, 4) is 0 Å². The van der Waals surface area contributed by atoms with Gasteiger partial charge in [0.15, 0.2) is 0 Å². The van der Waals surface area contributed by atoms with Crippen LogP contribution < -0.4 is 51.4 Å². The van der Waals surface area contributed by atoms with Crippen LogP contribution in [0.3, 0.4) is 0 Å². The average Bonchev–Trinajstić information content (AvgIpc) is 1.33. The van der Waals surface area contributed by atoms with E-state index in [0.29, 0.717) is 0 Å². The number of rotatable bonds is 0. The van der Waals surface area contributed by atoms with Gasteiger partial charge in [-0.3, -0.25) is 6.29 Å². The van der Waals surface area contributed by atoms with Crippen LogP contribution in [0.2, 0.25) is 0 Å². The minimum absolute atomic E-state index is 0. The summed E-state index contributed by atoms with van der Waals surface area (Å²) >= 11 is 0. The Balaban J connectivity index is -0.0000000233. The van der Waals surface area contributed by atoms with Crippen molar-refractivity contribution in [2.75, 3.05) is 0 Å². The van der Waals surface area contributed by atoms with Crippen LogP contribution in [0, 0.1) is 0 Å². The first kappa shape index (κ1) is 22.5. The molecule has 0 saturated carbocycles. The van der Waals surface area contributed by atoms with E-state index in [-0.39, 0.29) is 56.9 Å². The molecule has 4 nitrogen and oxygen atoms in total. The van der Waals surface area contributed by atoms with E-state index in [1.807, 2.05) is 0 Å². The number of carbonyl (C=O) groups excluding carboxylic acids is 1. The van der Waals surface area contributed by atoms with E-state index in [1.54, 1.807) is 0 Å². The molecule has 0 amide bonds. The Morgan fingerprint density at radius 3 is 1.44 bits per heavy atom. The van der Waals surface area contributed by atoms with Crippen molar-refractivity contribution < 1.29 is 71.9 Å². The van der Waals surface area contributed by atoms with Gasteiger partial charge in [-0.1, -0.05) is 0 Å². The van der Waals surface area contributed by atoms with Crippen molar-refractivity contribution in [1.82, 2.24) is 0 Å². The van der Waals surface area contributed by atoms with Crippen molar-refractivity contribution in [3.63, 3.8) is 0 Å². The van der Waals surface area contributed by atoms with Gasteiger partial charge < -0.3 is 20.5 Å². The molecule has 0 unspecified atom stereocenters. The molecule has 0 spiro atoms. The molecular formula is C4H11KO4. The van der Waals surface area contributed by atoms with Gasteiger partial charge in [0.05, 0.1) is 0 Å². The summed E-state index contributed by atoms with van der Waals surface area (Å²) in [6.45, 7) is 2.60. The van der Waals surface area contributed by atoms with Gasteiger partial charge in [-0.15, -0.1) is 0 Å². The van der Waals surface area contributed by atoms with E-state index >= 15 is 0 Å². The Morgan fingerprint density at radius 2 is 1.44 bits per heavy atom. The van der Waals surface area contributed by atoms with Crippen LogP contribution in [-0.2, 0) is 4.79 Å². The molecule has 0 heterocycles. The molecule has 52 valence electrons. The molecule has 0 aliphatic rings. The second kappa shape index (κ2) is 22.9. The summed E-state index contributed by atoms with van der Waals surface area (Å²) in [5.41, 5.74) is 0. The molecule has 0 rings (SSSR count). The van der Waals surface area contributed by atoms with Crippen LogP contribution in [0.1, 0.15) is 13.8 Å². The second-order valence-electron chi connectivity index (χ2n) is 0.836. The Morgan fingerprint density at radius 1 is 1.44 bits per heavy atom. The number of aliphatic hydroxyl groups is 2. The first-order valence-corrected chi connectivity index (χ1v) is 1.80. The molecule has 0 fully saturated rings. The van der Waals surface area contributed by atoms with E-state index < -0.39 is 6.29 Å². The largest absolute Gasteiger partial charge is 1.00 e. The maximum atomic E-state index is 8.68. The fourth-order valence-corrected chi connectivity index (χ4v) is 0. The topological polar surface area (TPSA) is 89.0 Å². The van der Waals surface area contributed by atoms with E-state index in [1.165, 1.54) is 20.1 Å². The summed E-state index contributed by atoms with van der Waals surface area (Å²) in [4.78, 5) is 8.68. The van der Waals surface area contributed by atoms with Gasteiger partial charge in [-0.2, -0.15) is 6.92 Å². The maximum Gasteiger partial charge on any atom is 1.00 e. The van der Waals surface area contributed by atoms with Gasteiger partial charge in [0, 0.05) is 0 Å². The Labute approximate surface area is 97.0 Å². The van der Waals surface area contributed by atoms with Gasteiger partial charge in [0.1, 0.15) is 6.29 Å². The smallest absolute Gasteiger partial charge is 0.542 e. The maximum absolute atomic E-state index is 8.68. The number of hydrogen-bond acceptors (Lipinski definition) is 3. The van der Waals surface area contributed by atoms with Crippen LogP contribution in [0.15, 0.2) is 0 Å². The van der Waals surface area contributed by atoms with E-state index in [4.69, 9.17) is 15.0 Å². The molecule has 0 radical (unpaired) electrons. The van der Waals surface area contributed by atoms with Crippen molar-refractivity contribution >= 4 is 6.29 Å². The van der Waals surface area contributed by atoms with Crippen LogP contribution in [0.5, 0.6) is 0 Å². The predicted octanol–water partition coefficient (Wildman–Crippen LogP) is -4.39. The van der Waals surface area contributed by atoms with Gasteiger partial charge in [-0.05, 0) is 6.92 Å². The summed E-state index contributed by atoms with van der Waals surface area (Å²) in [6, 6.07) is 0. The van der Waals surface area contributed by atoms with Crippen molar-refractivity contribution in [2.45, 2.75) is 20.1 Å². The molecule has 0 bridgehead atoms. The third-order valence-corrected chi connectivity index (χ3v) is 0. The van der Waals surface area contributed by atoms with Gasteiger partial charge in [-0.25, -0.2) is 0 Å². The first-order valence-electron chi connectivity index (χ1n) is 1.80. The first-order chi connectivity index (χ1) is 3.15. The molecule has 0 saturated heterocycles. The zero-order chi connectivity index (χ0) is 6.28. The standard InChI is InChI=1S/C2H6O2.C2H3O.K.H2O/c1-2(3)4;1-2-3;;/h2-4H,1H3;1H3;;1H2/q;-1;+1;. The zero-order valence-electron chi connectivity index (χ0n) is 5.88. The van der Waals surface area contributed by atoms with E-state index in [0.717, 1.165) is 0 Å². The fourth-order valence-electron chi connectivity index (χ4n) is 0. The average molecular weight is 162 g/mol. The zero-order valence-corrected chi connectivity index (χ0v) is 9.00. The summed E-state index contributed by atoms with van der Waals surface area (Å²) in [6.07, 6.45) is 0.333. The van der Waals surface area contributed by atoms with Crippen molar-refractivity contribution in [1.29, 1.82) is 0 Å². The minimum atomic E-state index is -1.17. The monoisotopic (exact) mass is 162 g/mol. The summed E-state index contributed by atoms with van der Waals surface area (Å²) < 4.78 is 0. The van der Waals surface area contributed by atoms with Gasteiger partial charge >= 0.3 is 51.4 Å². The third kappa shape index (κ3) is 337. The molecule has 5 heteroatoms. The Hall–Kier alpha value is 1.19. The molecule has 9 heavy (non-hydrogen) atoms. The molecule has 4 N–H and O–H groups in total. The SMILES string of the molecule is CC(O)O.C[C-]=O.O.[K+]. The second-order valence-corrected chi connectivity index (χ2v) is 0.836. The molecule has 0 aliphatic heterocycles. The van der Waals surface area contributed by atoms with Crippen LogP contribution >= 0.6 is 0 Å². The normalized spacial score (nSPS) is 5.44. The molecule has 0 aliphatic carbocycles. The third-order valence-electron chi connectivity index (χ3n) is 0. The quantitative estimate of drug-likeness (QED) is 0.214. The molecule has 0 aromatic heterocycles. The molecule has 0 aromatic carbocycles. The van der Waals surface area contributed by atoms with Crippen molar-refractivity contribution in [3.05, 3.63) is 0 Å². The number of aliphatic hydroxyl groups excluding tert-OH is 1. The summed E-state index contributed by atoms with van der Waals surface area (Å²) in [5.74, 6) is 0. The van der Waals surface area contributed by atoms with E-state index in [9.17, 15) is 0 Å².